The Morgan fingerprint density at radius 2 is 1.73 bits per heavy atom. The minimum Gasteiger partial charge on any atom is -0.357 e. The van der Waals surface area contributed by atoms with E-state index >= 15 is 0 Å². The van der Waals surface area contributed by atoms with Crippen molar-refractivity contribution < 1.29 is 0 Å². The highest BCUT2D eigenvalue weighted by atomic mass is 127. The summed E-state index contributed by atoms with van der Waals surface area (Å²) in [6.07, 6.45) is 6.07. The zero-order valence-electron chi connectivity index (χ0n) is 19.4. The minimum absolute atomic E-state index is 0. The summed E-state index contributed by atoms with van der Waals surface area (Å²) >= 11 is 0. The van der Waals surface area contributed by atoms with E-state index in [1.165, 1.54) is 16.7 Å². The third-order valence-electron chi connectivity index (χ3n) is 5.84. The molecule has 0 amide bonds. The third-order valence-corrected chi connectivity index (χ3v) is 5.84. The Morgan fingerprint density at radius 3 is 2.45 bits per heavy atom. The van der Waals surface area contributed by atoms with Crippen molar-refractivity contribution in [2.45, 2.75) is 45.4 Å². The number of halogens is 1. The van der Waals surface area contributed by atoms with Crippen LogP contribution in [0.5, 0.6) is 0 Å². The zero-order valence-corrected chi connectivity index (χ0v) is 21.7. The van der Waals surface area contributed by atoms with E-state index in [0.29, 0.717) is 12.6 Å². The lowest BCUT2D eigenvalue weighted by Crippen LogP contribution is -2.48. The predicted molar refractivity (Wildman–Crippen MR) is 146 cm³/mol. The quantitative estimate of drug-likeness (QED) is 0.247. The first kappa shape index (κ1) is 25.2. The summed E-state index contributed by atoms with van der Waals surface area (Å²) in [5.41, 5.74) is 3.85. The summed E-state index contributed by atoms with van der Waals surface area (Å²) in [6, 6.07) is 21.8. The number of hydrogen-bond acceptors (Lipinski definition) is 3. The van der Waals surface area contributed by atoms with Crippen LogP contribution in [0.4, 0.5) is 0 Å². The minimum atomic E-state index is 0. The van der Waals surface area contributed by atoms with E-state index in [-0.39, 0.29) is 24.0 Å². The van der Waals surface area contributed by atoms with Gasteiger partial charge >= 0.3 is 0 Å². The Morgan fingerprint density at radius 1 is 0.970 bits per heavy atom. The van der Waals surface area contributed by atoms with Crippen molar-refractivity contribution in [3.8, 4) is 0 Å². The number of guanidine groups is 1. The lowest BCUT2D eigenvalue weighted by molar-refractivity contribution is 0.198. The highest BCUT2D eigenvalue weighted by Gasteiger charge is 2.20. The predicted octanol–water partition coefficient (Wildman–Crippen LogP) is 4.27. The van der Waals surface area contributed by atoms with E-state index in [1.807, 2.05) is 23.1 Å². The average molecular weight is 559 g/mol. The Bertz CT molecular complexity index is 965. The molecule has 7 heteroatoms. The Kier molecular flexibility index (Phi) is 10.2. The van der Waals surface area contributed by atoms with Crippen molar-refractivity contribution in [3.05, 3.63) is 89.7 Å². The second-order valence-corrected chi connectivity index (χ2v) is 8.40. The number of rotatable bonds is 8. The molecule has 1 aliphatic rings. The first-order valence-electron chi connectivity index (χ1n) is 11.6. The molecular weight excluding hydrogens is 523 g/mol. The Hall–Kier alpha value is -2.39. The van der Waals surface area contributed by atoms with Gasteiger partial charge in [0, 0.05) is 44.6 Å². The smallest absolute Gasteiger partial charge is 0.191 e. The molecule has 0 saturated carbocycles. The fourth-order valence-electron chi connectivity index (χ4n) is 4.17. The van der Waals surface area contributed by atoms with Crippen LogP contribution in [0.3, 0.4) is 0 Å². The van der Waals surface area contributed by atoms with Gasteiger partial charge in [0.15, 0.2) is 5.96 Å². The number of aromatic nitrogens is 2. The first-order valence-corrected chi connectivity index (χ1v) is 11.6. The molecule has 2 heterocycles. The lowest BCUT2D eigenvalue weighted by atomic mass is 10.0. The van der Waals surface area contributed by atoms with Crippen LogP contribution in [0, 0.1) is 0 Å². The van der Waals surface area contributed by atoms with Crippen LogP contribution in [-0.4, -0.2) is 46.3 Å². The molecule has 0 radical (unpaired) electrons. The molecule has 3 aromatic rings. The van der Waals surface area contributed by atoms with E-state index in [9.17, 15) is 0 Å². The molecule has 1 aromatic heterocycles. The summed E-state index contributed by atoms with van der Waals surface area (Å²) in [7, 11) is 0. The van der Waals surface area contributed by atoms with Crippen LogP contribution < -0.4 is 10.6 Å². The van der Waals surface area contributed by atoms with Gasteiger partial charge in [0.2, 0.25) is 0 Å². The summed E-state index contributed by atoms with van der Waals surface area (Å²) in [6.45, 7) is 7.68. The number of benzene rings is 2. The highest BCUT2D eigenvalue weighted by Crippen LogP contribution is 2.14. The molecule has 1 saturated heterocycles. The van der Waals surface area contributed by atoms with E-state index in [4.69, 9.17) is 4.99 Å². The molecule has 0 unspecified atom stereocenters. The molecule has 176 valence electrons. The number of aliphatic imine (C=N–C) groups is 1. The Labute approximate surface area is 214 Å². The summed E-state index contributed by atoms with van der Waals surface area (Å²) < 4.78 is 1.94. The van der Waals surface area contributed by atoms with Gasteiger partial charge in [-0.3, -0.25) is 9.58 Å². The SMILES string of the molecule is CCNC(=NCc1cccc(Cn2cccn2)c1)NC1CCN(Cc2ccccc2)CC1.I. The second-order valence-electron chi connectivity index (χ2n) is 8.40. The first-order chi connectivity index (χ1) is 15.8. The summed E-state index contributed by atoms with van der Waals surface area (Å²) in [4.78, 5) is 7.41. The molecule has 1 aliphatic heterocycles. The van der Waals surface area contributed by atoms with Gasteiger partial charge < -0.3 is 10.6 Å². The van der Waals surface area contributed by atoms with Gasteiger partial charge in [-0.1, -0.05) is 54.6 Å². The van der Waals surface area contributed by atoms with Crippen molar-refractivity contribution >= 4 is 29.9 Å². The van der Waals surface area contributed by atoms with Crippen molar-refractivity contribution in [2.75, 3.05) is 19.6 Å². The molecule has 0 aliphatic carbocycles. The molecular formula is C26H35IN6. The zero-order chi connectivity index (χ0) is 22.0. The molecule has 33 heavy (non-hydrogen) atoms. The maximum absolute atomic E-state index is 4.86. The van der Waals surface area contributed by atoms with E-state index in [2.05, 4.69) is 82.2 Å². The molecule has 2 aromatic carbocycles. The number of piperidine rings is 1. The van der Waals surface area contributed by atoms with Gasteiger partial charge in [0.1, 0.15) is 0 Å². The fourth-order valence-corrected chi connectivity index (χ4v) is 4.17. The van der Waals surface area contributed by atoms with Gasteiger partial charge in [-0.2, -0.15) is 5.10 Å². The largest absolute Gasteiger partial charge is 0.357 e. The number of hydrogen-bond donors (Lipinski definition) is 2. The topological polar surface area (TPSA) is 57.5 Å². The van der Waals surface area contributed by atoms with Gasteiger partial charge in [0.25, 0.3) is 0 Å². The van der Waals surface area contributed by atoms with Crippen LogP contribution in [-0.2, 0) is 19.6 Å². The second kappa shape index (κ2) is 13.3. The molecule has 0 bridgehead atoms. The fraction of sp³-hybridized carbons (Fsp3) is 0.385. The number of nitrogens with zero attached hydrogens (tertiary/aromatic N) is 4. The maximum atomic E-state index is 4.86. The molecule has 2 N–H and O–H groups in total. The van der Waals surface area contributed by atoms with Crippen LogP contribution in [0.2, 0.25) is 0 Å². The van der Waals surface area contributed by atoms with E-state index in [1.54, 1.807) is 0 Å². The molecule has 0 spiro atoms. The van der Waals surface area contributed by atoms with Crippen LogP contribution in [0.15, 0.2) is 78.0 Å². The monoisotopic (exact) mass is 558 g/mol. The van der Waals surface area contributed by atoms with E-state index in [0.717, 1.165) is 51.5 Å². The lowest BCUT2D eigenvalue weighted by Gasteiger charge is -2.33. The highest BCUT2D eigenvalue weighted by molar-refractivity contribution is 14.0. The Balaban J connectivity index is 0.00000306. The van der Waals surface area contributed by atoms with Crippen LogP contribution >= 0.6 is 24.0 Å². The van der Waals surface area contributed by atoms with Crippen LogP contribution in [0.25, 0.3) is 0 Å². The van der Waals surface area contributed by atoms with Crippen molar-refractivity contribution in [2.24, 2.45) is 4.99 Å². The van der Waals surface area contributed by atoms with Crippen molar-refractivity contribution in [3.63, 3.8) is 0 Å². The average Bonchev–Trinajstić information content (AvgIpc) is 3.33. The van der Waals surface area contributed by atoms with Gasteiger partial charge in [-0.25, -0.2) is 4.99 Å². The van der Waals surface area contributed by atoms with E-state index < -0.39 is 0 Å². The molecule has 1 fully saturated rings. The standard InChI is InChI=1S/C26H34N6.HI/c1-2-27-26(28-19-23-10-6-11-24(18-23)21-32-15-7-14-29-32)30-25-12-16-31(17-13-25)20-22-8-4-3-5-9-22;/h3-11,14-15,18,25H,2,12-13,16-17,19-21H2,1H3,(H2,27,28,30);1H. The molecule has 0 atom stereocenters. The number of likely N-dealkylation sites (tertiary alicyclic amines) is 1. The third kappa shape index (κ3) is 8.16. The van der Waals surface area contributed by atoms with Crippen molar-refractivity contribution in [1.29, 1.82) is 0 Å². The maximum Gasteiger partial charge on any atom is 0.191 e. The molecule has 4 rings (SSSR count). The normalized spacial score (nSPS) is 15.1. The van der Waals surface area contributed by atoms with Gasteiger partial charge in [0.05, 0.1) is 13.1 Å². The van der Waals surface area contributed by atoms with Gasteiger partial charge in [-0.15, -0.1) is 24.0 Å². The number of nitrogens with one attached hydrogen (secondary N) is 2. The van der Waals surface area contributed by atoms with Gasteiger partial charge in [-0.05, 0) is 42.5 Å². The summed E-state index contributed by atoms with van der Waals surface area (Å²) in [5, 5.41) is 11.4. The molecule has 6 nitrogen and oxygen atoms in total. The summed E-state index contributed by atoms with van der Waals surface area (Å²) in [5.74, 6) is 0.909. The van der Waals surface area contributed by atoms with Crippen LogP contribution in [0.1, 0.15) is 36.5 Å². The van der Waals surface area contributed by atoms with Crippen molar-refractivity contribution in [1.82, 2.24) is 25.3 Å².